The molecule has 0 atom stereocenters. The van der Waals surface area contributed by atoms with Crippen LogP contribution in [-0.4, -0.2) is 9.97 Å². The number of rotatable bonds is 1. The minimum Gasteiger partial charge on any atom is -0.263 e. The highest BCUT2D eigenvalue weighted by Crippen LogP contribution is 2.32. The molecule has 0 aliphatic heterocycles. The highest BCUT2D eigenvalue weighted by molar-refractivity contribution is 7.16. The van der Waals surface area contributed by atoms with Crippen LogP contribution in [0.5, 0.6) is 0 Å². The molecule has 0 unspecified atom stereocenters. The molecule has 0 saturated heterocycles. The van der Waals surface area contributed by atoms with Gasteiger partial charge in [-0.1, -0.05) is 6.07 Å². The summed E-state index contributed by atoms with van der Waals surface area (Å²) in [5, 5.41) is 0. The van der Waals surface area contributed by atoms with Crippen molar-refractivity contribution in [3.8, 4) is 11.1 Å². The van der Waals surface area contributed by atoms with Gasteiger partial charge in [0.25, 0.3) is 0 Å². The third-order valence-corrected chi connectivity index (χ3v) is 3.54. The van der Waals surface area contributed by atoms with Gasteiger partial charge in [-0.05, 0) is 23.8 Å². The second-order valence-corrected chi connectivity index (χ2v) is 4.88. The third kappa shape index (κ3) is 2.31. The molecular formula is C13H7F3N2S. The average molecular weight is 280 g/mol. The first-order valence-corrected chi connectivity index (χ1v) is 6.28. The first kappa shape index (κ1) is 12.1. The summed E-state index contributed by atoms with van der Waals surface area (Å²) >= 11 is 1.49. The molecule has 0 N–H and O–H groups in total. The van der Waals surface area contributed by atoms with Gasteiger partial charge in [-0.15, -0.1) is 11.3 Å². The number of thiazole rings is 1. The van der Waals surface area contributed by atoms with Gasteiger partial charge in [0.1, 0.15) is 0 Å². The summed E-state index contributed by atoms with van der Waals surface area (Å²) in [4.78, 5) is 7.81. The van der Waals surface area contributed by atoms with Crippen molar-refractivity contribution in [2.75, 3.05) is 0 Å². The number of pyridine rings is 1. The van der Waals surface area contributed by atoms with E-state index in [9.17, 15) is 13.2 Å². The lowest BCUT2D eigenvalue weighted by Crippen LogP contribution is -2.05. The number of hydrogen-bond acceptors (Lipinski definition) is 3. The number of aromatic nitrogens is 2. The van der Waals surface area contributed by atoms with Gasteiger partial charge in [-0.2, -0.15) is 13.2 Å². The van der Waals surface area contributed by atoms with Crippen molar-refractivity contribution in [2.45, 2.75) is 6.18 Å². The summed E-state index contributed by atoms with van der Waals surface area (Å²) in [7, 11) is 0. The molecule has 1 aromatic carbocycles. The van der Waals surface area contributed by atoms with Crippen LogP contribution in [0.4, 0.5) is 13.2 Å². The van der Waals surface area contributed by atoms with E-state index in [0.717, 1.165) is 22.5 Å². The summed E-state index contributed by atoms with van der Waals surface area (Å²) in [5.74, 6) is 0. The molecule has 2 heterocycles. The number of nitrogens with zero attached hydrogens (tertiary/aromatic N) is 2. The Morgan fingerprint density at radius 2 is 1.84 bits per heavy atom. The van der Waals surface area contributed by atoms with Crippen molar-refractivity contribution < 1.29 is 13.2 Å². The molecule has 3 aromatic rings. The Kier molecular flexibility index (Phi) is 2.74. The second kappa shape index (κ2) is 4.31. The molecule has 0 bridgehead atoms. The average Bonchev–Trinajstić information content (AvgIpc) is 2.85. The molecule has 2 aromatic heterocycles. The normalized spacial score (nSPS) is 11.9. The van der Waals surface area contributed by atoms with Gasteiger partial charge in [0.2, 0.25) is 0 Å². The van der Waals surface area contributed by atoms with Crippen molar-refractivity contribution in [3.63, 3.8) is 0 Å². The van der Waals surface area contributed by atoms with Crippen LogP contribution < -0.4 is 0 Å². The molecule has 6 heteroatoms. The summed E-state index contributed by atoms with van der Waals surface area (Å²) in [5.41, 5.74) is 2.85. The minimum atomic E-state index is -4.38. The third-order valence-electron chi connectivity index (χ3n) is 2.73. The summed E-state index contributed by atoms with van der Waals surface area (Å²) in [6.45, 7) is 0. The van der Waals surface area contributed by atoms with Crippen molar-refractivity contribution in [3.05, 3.63) is 47.7 Å². The zero-order valence-electron chi connectivity index (χ0n) is 9.48. The number of halogens is 3. The second-order valence-electron chi connectivity index (χ2n) is 3.99. The van der Waals surface area contributed by atoms with E-state index in [1.807, 2.05) is 6.07 Å². The van der Waals surface area contributed by atoms with Crippen molar-refractivity contribution in [1.29, 1.82) is 0 Å². The SMILES string of the molecule is FC(F)(F)c1cncc(-c2ccc3scnc3c2)c1. The van der Waals surface area contributed by atoms with Gasteiger partial charge >= 0.3 is 6.18 Å². The smallest absolute Gasteiger partial charge is 0.263 e. The van der Waals surface area contributed by atoms with Crippen LogP contribution in [-0.2, 0) is 6.18 Å². The van der Waals surface area contributed by atoms with E-state index >= 15 is 0 Å². The van der Waals surface area contributed by atoms with Crippen LogP contribution >= 0.6 is 11.3 Å². The van der Waals surface area contributed by atoms with Crippen LogP contribution in [0, 0.1) is 0 Å². The van der Waals surface area contributed by atoms with E-state index in [1.165, 1.54) is 17.5 Å². The molecule has 0 saturated carbocycles. The lowest BCUT2D eigenvalue weighted by molar-refractivity contribution is -0.137. The Labute approximate surface area is 110 Å². The van der Waals surface area contributed by atoms with Crippen LogP contribution in [0.1, 0.15) is 5.56 Å². The predicted octanol–water partition coefficient (Wildman–Crippen LogP) is 4.38. The summed E-state index contributed by atoms with van der Waals surface area (Å²) in [6.07, 6.45) is -2.14. The molecule has 19 heavy (non-hydrogen) atoms. The molecule has 0 spiro atoms. The standard InChI is InChI=1S/C13H7F3N2S/c14-13(15,16)10-3-9(5-17-6-10)8-1-2-12-11(4-8)18-7-19-12/h1-7H. The predicted molar refractivity (Wildman–Crippen MR) is 67.9 cm³/mol. The van der Waals surface area contributed by atoms with Crippen molar-refractivity contribution in [1.82, 2.24) is 9.97 Å². The molecule has 0 radical (unpaired) electrons. The van der Waals surface area contributed by atoms with E-state index in [2.05, 4.69) is 9.97 Å². The Balaban J connectivity index is 2.10. The maximum Gasteiger partial charge on any atom is 0.417 e. The highest BCUT2D eigenvalue weighted by Gasteiger charge is 2.31. The lowest BCUT2D eigenvalue weighted by Gasteiger charge is -2.08. The van der Waals surface area contributed by atoms with Gasteiger partial charge < -0.3 is 0 Å². The minimum absolute atomic E-state index is 0.435. The summed E-state index contributed by atoms with van der Waals surface area (Å²) < 4.78 is 38.9. The molecule has 2 nitrogen and oxygen atoms in total. The monoisotopic (exact) mass is 280 g/mol. The lowest BCUT2D eigenvalue weighted by atomic mass is 10.1. The van der Waals surface area contributed by atoms with Crippen molar-refractivity contribution in [2.24, 2.45) is 0 Å². The zero-order chi connectivity index (χ0) is 13.5. The molecule has 96 valence electrons. The Morgan fingerprint density at radius 1 is 1.00 bits per heavy atom. The maximum atomic E-state index is 12.6. The molecule has 3 rings (SSSR count). The zero-order valence-corrected chi connectivity index (χ0v) is 10.3. The van der Waals surface area contributed by atoms with E-state index in [0.29, 0.717) is 11.1 Å². The molecule has 0 aliphatic carbocycles. The van der Waals surface area contributed by atoms with E-state index in [4.69, 9.17) is 0 Å². The fourth-order valence-corrected chi connectivity index (χ4v) is 2.45. The van der Waals surface area contributed by atoms with E-state index < -0.39 is 11.7 Å². The largest absolute Gasteiger partial charge is 0.417 e. The van der Waals surface area contributed by atoms with Gasteiger partial charge in [-0.25, -0.2) is 4.98 Å². The molecular weight excluding hydrogens is 273 g/mol. The van der Waals surface area contributed by atoms with Crippen molar-refractivity contribution >= 4 is 21.6 Å². The van der Waals surface area contributed by atoms with Crippen LogP contribution in [0.25, 0.3) is 21.3 Å². The fourth-order valence-electron chi connectivity index (χ4n) is 1.79. The molecule has 0 amide bonds. The number of fused-ring (bicyclic) bond motifs is 1. The van der Waals surface area contributed by atoms with Gasteiger partial charge in [-0.3, -0.25) is 4.98 Å². The van der Waals surface area contributed by atoms with Crippen LogP contribution in [0.2, 0.25) is 0 Å². The number of alkyl halides is 3. The maximum absolute atomic E-state index is 12.6. The number of benzene rings is 1. The van der Waals surface area contributed by atoms with Crippen LogP contribution in [0.15, 0.2) is 42.2 Å². The van der Waals surface area contributed by atoms with Gasteiger partial charge in [0.05, 0.1) is 21.3 Å². The Morgan fingerprint density at radius 3 is 2.63 bits per heavy atom. The fraction of sp³-hybridized carbons (Fsp3) is 0.0769. The Bertz CT molecular complexity index is 734. The van der Waals surface area contributed by atoms with E-state index in [-0.39, 0.29) is 0 Å². The first-order valence-electron chi connectivity index (χ1n) is 5.40. The van der Waals surface area contributed by atoms with Gasteiger partial charge in [0, 0.05) is 18.0 Å². The number of hydrogen-bond donors (Lipinski definition) is 0. The van der Waals surface area contributed by atoms with E-state index in [1.54, 1.807) is 17.6 Å². The molecule has 0 aliphatic rings. The van der Waals surface area contributed by atoms with Gasteiger partial charge in [0.15, 0.2) is 0 Å². The first-order chi connectivity index (χ1) is 9.04. The van der Waals surface area contributed by atoms with Crippen LogP contribution in [0.3, 0.4) is 0 Å². The Hall–Kier alpha value is -1.95. The quantitative estimate of drug-likeness (QED) is 0.661. The molecule has 0 fully saturated rings. The topological polar surface area (TPSA) is 25.8 Å². The highest BCUT2D eigenvalue weighted by atomic mass is 32.1. The summed E-state index contributed by atoms with van der Waals surface area (Å²) in [6, 6.07) is 6.49.